The number of halogens is 1. The summed E-state index contributed by atoms with van der Waals surface area (Å²) in [5.41, 5.74) is 0. The number of carbonyl (C=O) groups is 2. The SMILES string of the molecule is CN1CCCN(C(=O)C2CCC(C(=O)N3CCCN(C)CC3)CC2)CC1.Cl. The van der Waals surface area contributed by atoms with E-state index >= 15 is 0 Å². The topological polar surface area (TPSA) is 47.1 Å². The van der Waals surface area contributed by atoms with Gasteiger partial charge in [-0.2, -0.15) is 0 Å². The van der Waals surface area contributed by atoms with Crippen LogP contribution in [0.4, 0.5) is 0 Å². The molecule has 1 aliphatic carbocycles. The van der Waals surface area contributed by atoms with Gasteiger partial charge in [0.2, 0.25) is 11.8 Å². The Bertz CT molecular complexity index is 452. The number of hydrogen-bond acceptors (Lipinski definition) is 4. The fraction of sp³-hybridized carbons (Fsp3) is 0.900. The smallest absolute Gasteiger partial charge is 0.225 e. The molecule has 2 amide bonds. The quantitative estimate of drug-likeness (QED) is 0.705. The first-order valence-electron chi connectivity index (χ1n) is 10.5. The fourth-order valence-electron chi connectivity index (χ4n) is 4.64. The average Bonchev–Trinajstić information content (AvgIpc) is 3.00. The van der Waals surface area contributed by atoms with Crippen LogP contribution in [0.2, 0.25) is 0 Å². The van der Waals surface area contributed by atoms with Crippen LogP contribution in [0.1, 0.15) is 38.5 Å². The van der Waals surface area contributed by atoms with Gasteiger partial charge in [-0.1, -0.05) is 0 Å². The van der Waals surface area contributed by atoms with Crippen molar-refractivity contribution in [2.45, 2.75) is 38.5 Å². The van der Waals surface area contributed by atoms with E-state index in [9.17, 15) is 9.59 Å². The summed E-state index contributed by atoms with van der Waals surface area (Å²) in [4.78, 5) is 34.5. The molecule has 0 unspecified atom stereocenters. The van der Waals surface area contributed by atoms with Gasteiger partial charge in [-0.3, -0.25) is 9.59 Å². The summed E-state index contributed by atoms with van der Waals surface area (Å²) < 4.78 is 0. The van der Waals surface area contributed by atoms with Gasteiger partial charge in [0.25, 0.3) is 0 Å². The third-order valence-corrected chi connectivity index (χ3v) is 6.49. The number of carbonyl (C=O) groups excluding carboxylic acids is 2. The molecule has 0 aromatic heterocycles. The Balaban J connectivity index is 0.00000261. The first-order chi connectivity index (χ1) is 12.5. The third kappa shape index (κ3) is 6.06. The Labute approximate surface area is 170 Å². The minimum atomic E-state index is 0. The maximum atomic E-state index is 12.9. The molecule has 1 saturated carbocycles. The van der Waals surface area contributed by atoms with E-state index in [1.165, 1.54) is 0 Å². The van der Waals surface area contributed by atoms with Gasteiger partial charge in [0, 0.05) is 51.1 Å². The summed E-state index contributed by atoms with van der Waals surface area (Å²) >= 11 is 0. The lowest BCUT2D eigenvalue weighted by Gasteiger charge is -2.33. The molecule has 0 atom stereocenters. The number of rotatable bonds is 2. The predicted molar refractivity (Wildman–Crippen MR) is 110 cm³/mol. The van der Waals surface area contributed by atoms with E-state index in [1.54, 1.807) is 0 Å². The van der Waals surface area contributed by atoms with E-state index in [4.69, 9.17) is 0 Å². The normalized spacial score (nSPS) is 28.8. The standard InChI is InChI=1S/C20H36N4O2.ClH/c1-21-9-3-11-23(15-13-21)19(25)17-5-7-18(8-6-17)20(26)24-12-4-10-22(2)14-16-24;/h17-18H,3-16H2,1-2H3;1H. The number of hydrogen-bond donors (Lipinski definition) is 0. The highest BCUT2D eigenvalue weighted by molar-refractivity contribution is 5.85. The number of nitrogens with zero attached hydrogens (tertiary/aromatic N) is 4. The first-order valence-corrected chi connectivity index (χ1v) is 10.5. The van der Waals surface area contributed by atoms with Crippen LogP contribution in [0.25, 0.3) is 0 Å². The van der Waals surface area contributed by atoms with Crippen LogP contribution in [0, 0.1) is 11.8 Å². The van der Waals surface area contributed by atoms with Gasteiger partial charge in [0.15, 0.2) is 0 Å². The van der Waals surface area contributed by atoms with Crippen molar-refractivity contribution in [3.8, 4) is 0 Å². The van der Waals surface area contributed by atoms with Crippen LogP contribution in [-0.2, 0) is 9.59 Å². The summed E-state index contributed by atoms with van der Waals surface area (Å²) in [5, 5.41) is 0. The van der Waals surface area contributed by atoms with Gasteiger partial charge in [-0.15, -0.1) is 12.4 Å². The third-order valence-electron chi connectivity index (χ3n) is 6.49. The largest absolute Gasteiger partial charge is 0.341 e. The van der Waals surface area contributed by atoms with E-state index < -0.39 is 0 Å². The molecule has 0 N–H and O–H groups in total. The molecule has 27 heavy (non-hydrogen) atoms. The minimum absolute atomic E-state index is 0. The zero-order chi connectivity index (χ0) is 18.5. The molecule has 0 bridgehead atoms. The molecule has 2 saturated heterocycles. The Morgan fingerprint density at radius 2 is 0.963 bits per heavy atom. The van der Waals surface area contributed by atoms with Gasteiger partial charge >= 0.3 is 0 Å². The zero-order valence-corrected chi connectivity index (χ0v) is 17.9. The second-order valence-electron chi connectivity index (χ2n) is 8.51. The maximum absolute atomic E-state index is 12.9. The summed E-state index contributed by atoms with van der Waals surface area (Å²) in [6, 6.07) is 0. The van der Waals surface area contributed by atoms with Crippen molar-refractivity contribution >= 4 is 24.2 Å². The Hall–Kier alpha value is -0.850. The molecular formula is C20H37ClN4O2. The second kappa shape index (κ2) is 10.6. The maximum Gasteiger partial charge on any atom is 0.225 e. The van der Waals surface area contributed by atoms with Crippen molar-refractivity contribution in [3.63, 3.8) is 0 Å². The number of amides is 2. The molecular weight excluding hydrogens is 364 g/mol. The lowest BCUT2D eigenvalue weighted by molar-refractivity contribution is -0.141. The molecule has 0 spiro atoms. The minimum Gasteiger partial charge on any atom is -0.341 e. The van der Waals surface area contributed by atoms with E-state index in [0.29, 0.717) is 11.8 Å². The second-order valence-corrected chi connectivity index (χ2v) is 8.51. The van der Waals surface area contributed by atoms with Crippen LogP contribution in [-0.4, -0.2) is 97.9 Å². The van der Waals surface area contributed by atoms with Crippen molar-refractivity contribution in [1.82, 2.24) is 19.6 Å². The Kier molecular flexibility index (Phi) is 8.83. The molecule has 156 valence electrons. The highest BCUT2D eigenvalue weighted by Crippen LogP contribution is 2.31. The number of likely N-dealkylation sites (N-methyl/N-ethyl adjacent to an activating group) is 2. The van der Waals surface area contributed by atoms with Gasteiger partial charge < -0.3 is 19.6 Å². The molecule has 0 aromatic carbocycles. The molecule has 7 heteroatoms. The molecule has 0 radical (unpaired) electrons. The highest BCUT2D eigenvalue weighted by atomic mass is 35.5. The predicted octanol–water partition coefficient (Wildman–Crippen LogP) is 1.54. The van der Waals surface area contributed by atoms with Crippen molar-refractivity contribution in [2.24, 2.45) is 11.8 Å². The van der Waals surface area contributed by atoms with Gasteiger partial charge in [-0.25, -0.2) is 0 Å². The van der Waals surface area contributed by atoms with E-state index in [-0.39, 0.29) is 24.2 Å². The van der Waals surface area contributed by atoms with E-state index in [2.05, 4.69) is 33.7 Å². The summed E-state index contributed by atoms with van der Waals surface area (Å²) in [6.07, 6.45) is 5.67. The van der Waals surface area contributed by atoms with Crippen LogP contribution < -0.4 is 0 Å². The average molecular weight is 401 g/mol. The monoisotopic (exact) mass is 400 g/mol. The van der Waals surface area contributed by atoms with Crippen molar-refractivity contribution in [3.05, 3.63) is 0 Å². The van der Waals surface area contributed by atoms with Crippen molar-refractivity contribution in [2.75, 3.05) is 66.5 Å². The fourth-order valence-corrected chi connectivity index (χ4v) is 4.64. The molecule has 3 fully saturated rings. The molecule has 3 rings (SSSR count). The lowest BCUT2D eigenvalue weighted by Crippen LogP contribution is -2.43. The molecule has 0 aromatic rings. The Morgan fingerprint density at radius 1 is 0.593 bits per heavy atom. The summed E-state index contributed by atoms with van der Waals surface area (Å²) in [7, 11) is 4.26. The zero-order valence-electron chi connectivity index (χ0n) is 17.1. The van der Waals surface area contributed by atoms with E-state index in [1.807, 2.05) is 0 Å². The van der Waals surface area contributed by atoms with Crippen LogP contribution in [0.15, 0.2) is 0 Å². The first kappa shape index (κ1) is 22.4. The highest BCUT2D eigenvalue weighted by Gasteiger charge is 2.34. The van der Waals surface area contributed by atoms with Gasteiger partial charge in [-0.05, 0) is 65.7 Å². The van der Waals surface area contributed by atoms with Crippen molar-refractivity contribution in [1.29, 1.82) is 0 Å². The molecule has 2 aliphatic heterocycles. The van der Waals surface area contributed by atoms with Gasteiger partial charge in [0.1, 0.15) is 0 Å². The van der Waals surface area contributed by atoms with Gasteiger partial charge in [0.05, 0.1) is 0 Å². The van der Waals surface area contributed by atoms with Crippen molar-refractivity contribution < 1.29 is 9.59 Å². The summed E-state index contributed by atoms with van der Waals surface area (Å²) in [6.45, 7) is 7.61. The summed E-state index contributed by atoms with van der Waals surface area (Å²) in [5.74, 6) is 0.945. The Morgan fingerprint density at radius 3 is 1.33 bits per heavy atom. The lowest BCUT2D eigenvalue weighted by atomic mass is 9.80. The molecule has 6 nitrogen and oxygen atoms in total. The van der Waals surface area contributed by atoms with Crippen LogP contribution >= 0.6 is 12.4 Å². The van der Waals surface area contributed by atoms with Crippen LogP contribution in [0.5, 0.6) is 0 Å². The van der Waals surface area contributed by atoms with Crippen LogP contribution in [0.3, 0.4) is 0 Å². The molecule has 3 aliphatic rings. The van der Waals surface area contributed by atoms with E-state index in [0.717, 1.165) is 90.9 Å². The molecule has 2 heterocycles.